The molecule has 0 radical (unpaired) electrons. The summed E-state index contributed by atoms with van der Waals surface area (Å²) < 4.78 is 0. The van der Waals surface area contributed by atoms with Gasteiger partial charge in [-0.1, -0.05) is 31.4 Å². The quantitative estimate of drug-likeness (QED) is 0.764. The Balaban J connectivity index is 2.00. The second kappa shape index (κ2) is 7.14. The number of nitrogens with one attached hydrogen (secondary N) is 2. The van der Waals surface area contributed by atoms with Crippen molar-refractivity contribution in [3.8, 4) is 0 Å². The Morgan fingerprint density at radius 3 is 2.53 bits per heavy atom. The molecule has 0 spiro atoms. The van der Waals surface area contributed by atoms with Crippen LogP contribution in [0.2, 0.25) is 0 Å². The Morgan fingerprint density at radius 1 is 1.16 bits per heavy atom. The second-order valence-electron chi connectivity index (χ2n) is 5.05. The topological polar surface area (TPSA) is 61.4 Å². The molecule has 4 nitrogen and oxygen atoms in total. The minimum Gasteiger partial charge on any atom is -0.396 e. The number of aliphatic hydroxyl groups is 1. The largest absolute Gasteiger partial charge is 0.396 e. The van der Waals surface area contributed by atoms with Crippen molar-refractivity contribution in [2.75, 3.05) is 17.2 Å². The Kier molecular flexibility index (Phi) is 5.21. The highest BCUT2D eigenvalue weighted by atomic mass is 16.3. The predicted octanol–water partition coefficient (Wildman–Crippen LogP) is 2.75. The number of amides is 1. The van der Waals surface area contributed by atoms with E-state index in [-0.39, 0.29) is 18.9 Å². The van der Waals surface area contributed by atoms with Crippen molar-refractivity contribution >= 4 is 17.3 Å². The number of hydrogen-bond acceptors (Lipinski definition) is 3. The Morgan fingerprint density at radius 2 is 1.84 bits per heavy atom. The number of rotatable bonds is 5. The van der Waals surface area contributed by atoms with Crippen LogP contribution in [0.4, 0.5) is 11.4 Å². The molecule has 1 aromatic carbocycles. The second-order valence-corrected chi connectivity index (χ2v) is 5.05. The van der Waals surface area contributed by atoms with Crippen LogP contribution in [0, 0.1) is 0 Å². The molecule has 2 rings (SSSR count). The zero-order valence-electron chi connectivity index (χ0n) is 11.2. The van der Waals surface area contributed by atoms with Crippen LogP contribution in [0.15, 0.2) is 24.3 Å². The van der Waals surface area contributed by atoms with Crippen LogP contribution in [0.5, 0.6) is 0 Å². The SMILES string of the molecule is O=C(CCO)Nc1ccccc1NC1CCCCC1. The molecule has 104 valence electrons. The summed E-state index contributed by atoms with van der Waals surface area (Å²) in [7, 11) is 0. The average Bonchev–Trinajstić information content (AvgIpc) is 2.42. The number of hydrogen-bond donors (Lipinski definition) is 3. The molecule has 1 aromatic rings. The van der Waals surface area contributed by atoms with Crippen LogP contribution in [-0.4, -0.2) is 23.7 Å². The van der Waals surface area contributed by atoms with E-state index in [1.54, 1.807) is 0 Å². The van der Waals surface area contributed by atoms with E-state index in [0.29, 0.717) is 6.04 Å². The molecule has 0 unspecified atom stereocenters. The highest BCUT2D eigenvalue weighted by Crippen LogP contribution is 2.26. The Bertz CT molecular complexity index is 414. The summed E-state index contributed by atoms with van der Waals surface area (Å²) in [6.07, 6.45) is 6.40. The van der Waals surface area contributed by atoms with E-state index in [1.165, 1.54) is 32.1 Å². The summed E-state index contributed by atoms with van der Waals surface area (Å²) in [5.74, 6) is -0.152. The van der Waals surface area contributed by atoms with E-state index < -0.39 is 0 Å². The fourth-order valence-electron chi connectivity index (χ4n) is 2.50. The van der Waals surface area contributed by atoms with Gasteiger partial charge in [-0.15, -0.1) is 0 Å². The molecule has 1 amide bonds. The van der Waals surface area contributed by atoms with E-state index in [4.69, 9.17) is 5.11 Å². The van der Waals surface area contributed by atoms with Gasteiger partial charge in [0.2, 0.25) is 5.91 Å². The molecule has 19 heavy (non-hydrogen) atoms. The van der Waals surface area contributed by atoms with Gasteiger partial charge in [0, 0.05) is 6.04 Å². The van der Waals surface area contributed by atoms with Gasteiger partial charge in [-0.2, -0.15) is 0 Å². The minimum absolute atomic E-state index is 0.121. The number of aliphatic hydroxyl groups excluding tert-OH is 1. The number of benzene rings is 1. The van der Waals surface area contributed by atoms with Crippen LogP contribution in [-0.2, 0) is 4.79 Å². The van der Waals surface area contributed by atoms with Gasteiger partial charge in [0.15, 0.2) is 0 Å². The monoisotopic (exact) mass is 262 g/mol. The van der Waals surface area contributed by atoms with Gasteiger partial charge in [-0.3, -0.25) is 4.79 Å². The van der Waals surface area contributed by atoms with Crippen LogP contribution in [0.25, 0.3) is 0 Å². The highest BCUT2D eigenvalue weighted by molar-refractivity contribution is 5.94. The van der Waals surface area contributed by atoms with Crippen LogP contribution < -0.4 is 10.6 Å². The first-order chi connectivity index (χ1) is 9.29. The molecule has 0 bridgehead atoms. The van der Waals surface area contributed by atoms with Crippen molar-refractivity contribution in [3.05, 3.63) is 24.3 Å². The van der Waals surface area contributed by atoms with Crippen LogP contribution in [0.1, 0.15) is 38.5 Å². The molecule has 1 saturated carbocycles. The number of para-hydroxylation sites is 2. The molecular weight excluding hydrogens is 240 g/mol. The van der Waals surface area contributed by atoms with E-state index in [9.17, 15) is 4.79 Å². The third-order valence-electron chi connectivity index (χ3n) is 3.50. The maximum absolute atomic E-state index is 11.6. The van der Waals surface area contributed by atoms with E-state index in [0.717, 1.165) is 11.4 Å². The third-order valence-corrected chi connectivity index (χ3v) is 3.50. The van der Waals surface area contributed by atoms with Crippen LogP contribution in [0.3, 0.4) is 0 Å². The molecule has 1 aliphatic rings. The molecule has 1 aliphatic carbocycles. The summed E-state index contributed by atoms with van der Waals surface area (Å²) in [6.45, 7) is -0.121. The van der Waals surface area contributed by atoms with E-state index in [1.807, 2.05) is 24.3 Å². The third kappa shape index (κ3) is 4.24. The van der Waals surface area contributed by atoms with Gasteiger partial charge < -0.3 is 15.7 Å². The first-order valence-corrected chi connectivity index (χ1v) is 7.06. The Hall–Kier alpha value is -1.55. The lowest BCUT2D eigenvalue weighted by Gasteiger charge is -2.25. The molecule has 0 aromatic heterocycles. The molecule has 0 heterocycles. The van der Waals surface area contributed by atoms with Gasteiger partial charge in [-0.25, -0.2) is 0 Å². The van der Waals surface area contributed by atoms with E-state index >= 15 is 0 Å². The predicted molar refractivity (Wildman–Crippen MR) is 77.3 cm³/mol. The lowest BCUT2D eigenvalue weighted by Crippen LogP contribution is -2.23. The van der Waals surface area contributed by atoms with Crippen LogP contribution >= 0.6 is 0 Å². The fourth-order valence-corrected chi connectivity index (χ4v) is 2.50. The molecular formula is C15H22N2O2. The normalized spacial score (nSPS) is 16.1. The molecule has 3 N–H and O–H groups in total. The fraction of sp³-hybridized carbons (Fsp3) is 0.533. The zero-order valence-corrected chi connectivity index (χ0v) is 11.2. The summed E-state index contributed by atoms with van der Waals surface area (Å²) in [5, 5.41) is 15.1. The molecule has 1 fully saturated rings. The summed E-state index contributed by atoms with van der Waals surface area (Å²) in [5.41, 5.74) is 1.77. The van der Waals surface area contributed by atoms with Crippen molar-refractivity contribution in [1.29, 1.82) is 0 Å². The summed E-state index contributed by atoms with van der Waals surface area (Å²) >= 11 is 0. The molecule has 0 atom stereocenters. The van der Waals surface area contributed by atoms with Crippen molar-refractivity contribution in [2.24, 2.45) is 0 Å². The smallest absolute Gasteiger partial charge is 0.226 e. The standard InChI is InChI=1S/C15H22N2O2/c18-11-10-15(19)17-14-9-5-4-8-13(14)16-12-6-2-1-3-7-12/h4-5,8-9,12,16,18H,1-3,6-7,10-11H2,(H,17,19). The van der Waals surface area contributed by atoms with Gasteiger partial charge in [-0.05, 0) is 25.0 Å². The maximum Gasteiger partial charge on any atom is 0.226 e. The van der Waals surface area contributed by atoms with Crippen molar-refractivity contribution in [1.82, 2.24) is 0 Å². The summed E-state index contributed by atoms with van der Waals surface area (Å²) in [6, 6.07) is 8.25. The van der Waals surface area contributed by atoms with Crippen molar-refractivity contribution in [3.63, 3.8) is 0 Å². The lowest BCUT2D eigenvalue weighted by molar-refractivity contribution is -0.116. The van der Waals surface area contributed by atoms with Gasteiger partial charge in [0.05, 0.1) is 24.4 Å². The average molecular weight is 262 g/mol. The number of anilines is 2. The minimum atomic E-state index is -0.152. The lowest BCUT2D eigenvalue weighted by atomic mass is 9.95. The first kappa shape index (κ1) is 13.9. The van der Waals surface area contributed by atoms with Crippen molar-refractivity contribution < 1.29 is 9.90 Å². The highest BCUT2D eigenvalue weighted by Gasteiger charge is 2.14. The van der Waals surface area contributed by atoms with Gasteiger partial charge in [0.25, 0.3) is 0 Å². The maximum atomic E-state index is 11.6. The number of carbonyl (C=O) groups is 1. The van der Waals surface area contributed by atoms with Crippen molar-refractivity contribution in [2.45, 2.75) is 44.6 Å². The van der Waals surface area contributed by atoms with Gasteiger partial charge >= 0.3 is 0 Å². The zero-order chi connectivity index (χ0) is 13.5. The first-order valence-electron chi connectivity index (χ1n) is 7.06. The number of carbonyl (C=O) groups excluding carboxylic acids is 1. The Labute approximate surface area is 114 Å². The van der Waals surface area contributed by atoms with Gasteiger partial charge in [0.1, 0.15) is 0 Å². The summed E-state index contributed by atoms with van der Waals surface area (Å²) in [4.78, 5) is 11.6. The van der Waals surface area contributed by atoms with E-state index in [2.05, 4.69) is 10.6 Å². The molecule has 4 heteroatoms. The molecule has 0 saturated heterocycles. The molecule has 0 aliphatic heterocycles.